The van der Waals surface area contributed by atoms with Gasteiger partial charge >= 0.3 is 0 Å². The summed E-state index contributed by atoms with van der Waals surface area (Å²) < 4.78 is 5.19. The second-order valence-electron chi connectivity index (χ2n) is 3.73. The van der Waals surface area contributed by atoms with E-state index in [1.165, 1.54) is 4.88 Å². The molecule has 0 radical (unpaired) electrons. The van der Waals surface area contributed by atoms with E-state index in [1.54, 1.807) is 18.4 Å². The van der Waals surface area contributed by atoms with Gasteiger partial charge in [-0.05, 0) is 30.5 Å². The first-order valence-electron chi connectivity index (χ1n) is 5.34. The fourth-order valence-electron chi connectivity index (χ4n) is 1.58. The molecule has 1 unspecified atom stereocenters. The van der Waals surface area contributed by atoms with Crippen LogP contribution in [0.4, 0.5) is 5.69 Å². The molecular formula is C13H14ClNOS. The summed E-state index contributed by atoms with van der Waals surface area (Å²) in [4.78, 5) is 1.28. The molecule has 4 heteroatoms. The summed E-state index contributed by atoms with van der Waals surface area (Å²) in [5, 5.41) is 6.16. The second kappa shape index (κ2) is 5.43. The van der Waals surface area contributed by atoms with Gasteiger partial charge in [0.1, 0.15) is 5.75 Å². The molecular weight excluding hydrogens is 254 g/mol. The van der Waals surface area contributed by atoms with Gasteiger partial charge in [-0.1, -0.05) is 17.7 Å². The Bertz CT molecular complexity index is 484. The number of anilines is 1. The first-order valence-corrected chi connectivity index (χ1v) is 6.60. The number of thiophene rings is 1. The molecule has 1 heterocycles. The van der Waals surface area contributed by atoms with Gasteiger partial charge in [0.05, 0.1) is 23.9 Å². The number of ether oxygens (including phenoxy) is 1. The fraction of sp³-hybridized carbons (Fsp3) is 0.231. The Morgan fingerprint density at radius 1 is 1.35 bits per heavy atom. The van der Waals surface area contributed by atoms with Crippen molar-refractivity contribution < 1.29 is 4.74 Å². The zero-order valence-electron chi connectivity index (χ0n) is 9.74. The number of nitrogens with one attached hydrogen (secondary N) is 1. The van der Waals surface area contributed by atoms with Gasteiger partial charge in [0, 0.05) is 10.9 Å². The summed E-state index contributed by atoms with van der Waals surface area (Å²) in [6, 6.07) is 9.99. The van der Waals surface area contributed by atoms with Crippen molar-refractivity contribution in [2.75, 3.05) is 12.4 Å². The number of halogens is 1. The first kappa shape index (κ1) is 12.3. The summed E-state index contributed by atoms with van der Waals surface area (Å²) >= 11 is 7.87. The van der Waals surface area contributed by atoms with Gasteiger partial charge in [0.25, 0.3) is 0 Å². The predicted octanol–water partition coefficient (Wildman–Crippen LogP) is 4.58. The number of hydrogen-bond acceptors (Lipinski definition) is 3. The van der Waals surface area contributed by atoms with Crippen LogP contribution in [0.1, 0.15) is 17.8 Å². The van der Waals surface area contributed by atoms with Crippen LogP contribution in [0, 0.1) is 0 Å². The molecule has 1 atom stereocenters. The molecule has 0 aliphatic rings. The van der Waals surface area contributed by atoms with Gasteiger partial charge in [-0.2, -0.15) is 0 Å². The zero-order valence-corrected chi connectivity index (χ0v) is 11.3. The summed E-state index contributed by atoms with van der Waals surface area (Å²) in [7, 11) is 1.65. The topological polar surface area (TPSA) is 21.3 Å². The SMILES string of the molecule is COc1ccc(Cl)c(NC(C)c2cccs2)c1. The average Bonchev–Trinajstić information content (AvgIpc) is 2.85. The van der Waals surface area contributed by atoms with Gasteiger partial charge in [0.2, 0.25) is 0 Å². The van der Waals surface area contributed by atoms with Gasteiger partial charge < -0.3 is 10.1 Å². The normalized spacial score (nSPS) is 12.2. The number of benzene rings is 1. The molecule has 17 heavy (non-hydrogen) atoms. The van der Waals surface area contributed by atoms with Crippen LogP contribution >= 0.6 is 22.9 Å². The molecule has 1 aromatic heterocycles. The second-order valence-corrected chi connectivity index (χ2v) is 5.11. The Kier molecular flexibility index (Phi) is 3.92. The van der Waals surface area contributed by atoms with Crippen molar-refractivity contribution in [3.05, 3.63) is 45.6 Å². The maximum atomic E-state index is 6.14. The third-order valence-corrected chi connectivity index (χ3v) is 3.90. The van der Waals surface area contributed by atoms with Gasteiger partial charge in [-0.15, -0.1) is 11.3 Å². The molecule has 0 aliphatic carbocycles. The van der Waals surface area contributed by atoms with E-state index in [0.29, 0.717) is 5.02 Å². The summed E-state index contributed by atoms with van der Waals surface area (Å²) in [6.45, 7) is 2.11. The smallest absolute Gasteiger partial charge is 0.121 e. The van der Waals surface area contributed by atoms with E-state index in [0.717, 1.165) is 11.4 Å². The Labute approximate surface area is 110 Å². The van der Waals surface area contributed by atoms with E-state index in [2.05, 4.69) is 23.7 Å². The monoisotopic (exact) mass is 267 g/mol. The molecule has 90 valence electrons. The minimum Gasteiger partial charge on any atom is -0.497 e. The molecule has 0 aliphatic heterocycles. The van der Waals surface area contributed by atoms with E-state index in [9.17, 15) is 0 Å². The van der Waals surface area contributed by atoms with Crippen molar-refractivity contribution in [1.82, 2.24) is 0 Å². The number of methoxy groups -OCH3 is 1. The zero-order chi connectivity index (χ0) is 12.3. The van der Waals surface area contributed by atoms with Crippen molar-refractivity contribution in [2.24, 2.45) is 0 Å². The lowest BCUT2D eigenvalue weighted by molar-refractivity contribution is 0.415. The summed E-state index contributed by atoms with van der Waals surface area (Å²) in [5.41, 5.74) is 0.895. The molecule has 0 spiro atoms. The van der Waals surface area contributed by atoms with Crippen LogP contribution in [0.25, 0.3) is 0 Å². The van der Waals surface area contributed by atoms with Crippen LogP contribution in [-0.2, 0) is 0 Å². The standard InChI is InChI=1S/C13H14ClNOS/c1-9(13-4-3-7-17-13)15-12-8-10(16-2)5-6-11(12)14/h3-9,15H,1-2H3. The third-order valence-electron chi connectivity index (χ3n) is 2.52. The number of hydrogen-bond donors (Lipinski definition) is 1. The molecule has 0 bridgehead atoms. The molecule has 0 fully saturated rings. The minimum atomic E-state index is 0.236. The van der Waals surface area contributed by atoms with E-state index < -0.39 is 0 Å². The summed E-state index contributed by atoms with van der Waals surface area (Å²) in [5.74, 6) is 0.801. The van der Waals surface area contributed by atoms with Crippen LogP contribution in [0.15, 0.2) is 35.7 Å². The predicted molar refractivity (Wildman–Crippen MR) is 74.4 cm³/mol. The highest BCUT2D eigenvalue weighted by atomic mass is 35.5. The lowest BCUT2D eigenvalue weighted by Crippen LogP contribution is -2.05. The average molecular weight is 268 g/mol. The minimum absolute atomic E-state index is 0.236. The van der Waals surface area contributed by atoms with Crippen LogP contribution in [0.3, 0.4) is 0 Å². The molecule has 2 nitrogen and oxygen atoms in total. The van der Waals surface area contributed by atoms with Gasteiger partial charge in [0.15, 0.2) is 0 Å². The highest BCUT2D eigenvalue weighted by molar-refractivity contribution is 7.10. The molecule has 2 rings (SSSR count). The molecule has 1 aromatic carbocycles. The maximum Gasteiger partial charge on any atom is 0.121 e. The molecule has 1 N–H and O–H groups in total. The van der Waals surface area contributed by atoms with Crippen LogP contribution in [-0.4, -0.2) is 7.11 Å². The molecule has 0 saturated carbocycles. The largest absolute Gasteiger partial charge is 0.497 e. The van der Waals surface area contributed by atoms with E-state index in [4.69, 9.17) is 16.3 Å². The Morgan fingerprint density at radius 3 is 2.82 bits per heavy atom. The van der Waals surface area contributed by atoms with Crippen LogP contribution in [0.2, 0.25) is 5.02 Å². The van der Waals surface area contributed by atoms with E-state index in [1.807, 2.05) is 24.3 Å². The Hall–Kier alpha value is -1.19. The maximum absolute atomic E-state index is 6.14. The highest BCUT2D eigenvalue weighted by Crippen LogP contribution is 2.30. The van der Waals surface area contributed by atoms with Crippen molar-refractivity contribution in [3.63, 3.8) is 0 Å². The lowest BCUT2D eigenvalue weighted by Gasteiger charge is -2.15. The van der Waals surface area contributed by atoms with Gasteiger partial charge in [-0.25, -0.2) is 0 Å². The highest BCUT2D eigenvalue weighted by Gasteiger charge is 2.09. The van der Waals surface area contributed by atoms with Crippen molar-refractivity contribution in [1.29, 1.82) is 0 Å². The Balaban J connectivity index is 2.18. The lowest BCUT2D eigenvalue weighted by atomic mass is 10.2. The van der Waals surface area contributed by atoms with Crippen molar-refractivity contribution in [2.45, 2.75) is 13.0 Å². The van der Waals surface area contributed by atoms with Crippen molar-refractivity contribution >= 4 is 28.6 Å². The van der Waals surface area contributed by atoms with Crippen molar-refractivity contribution in [3.8, 4) is 5.75 Å². The van der Waals surface area contributed by atoms with Gasteiger partial charge in [-0.3, -0.25) is 0 Å². The molecule has 2 aromatic rings. The first-order chi connectivity index (χ1) is 8.20. The van der Waals surface area contributed by atoms with E-state index in [-0.39, 0.29) is 6.04 Å². The van der Waals surface area contributed by atoms with Crippen LogP contribution in [0.5, 0.6) is 5.75 Å². The molecule has 0 saturated heterocycles. The Morgan fingerprint density at radius 2 is 2.18 bits per heavy atom. The van der Waals surface area contributed by atoms with E-state index >= 15 is 0 Å². The fourth-order valence-corrected chi connectivity index (χ4v) is 2.49. The summed E-state index contributed by atoms with van der Waals surface area (Å²) in [6.07, 6.45) is 0. The molecule has 0 amide bonds. The third kappa shape index (κ3) is 2.93. The van der Waals surface area contributed by atoms with Crippen LogP contribution < -0.4 is 10.1 Å². The quantitative estimate of drug-likeness (QED) is 0.875. The number of rotatable bonds is 4.